The summed E-state index contributed by atoms with van der Waals surface area (Å²) < 4.78 is 6.12. The number of hydrogen-bond donors (Lipinski definition) is 1. The molecule has 1 N–H and O–H groups in total. The van der Waals surface area contributed by atoms with Crippen LogP contribution in [0.25, 0.3) is 5.76 Å². The normalized spacial score (nSPS) is 16.5. The van der Waals surface area contributed by atoms with E-state index in [-0.39, 0.29) is 21.5 Å². The Morgan fingerprint density at radius 2 is 1.75 bits per heavy atom. The highest BCUT2D eigenvalue weighted by Crippen LogP contribution is 2.45. The third-order valence-corrected chi connectivity index (χ3v) is 9.09. The van der Waals surface area contributed by atoms with Crippen LogP contribution < -0.4 is 9.64 Å². The standard InChI is InChI=1S/C29H23Cl2N3O4S2/c1-3-38-20-11-8-18(9-12-20)25(35)23-24(19-10-13-21(30)22(31)14-19)34(27(37)26(23)36)28-32-33-29(40-28)39-15-17-6-4-16(2)5-7-17/h4-14,24,35H,3,15H2,1-2H3/b25-23-. The maximum atomic E-state index is 13.4. The number of benzene rings is 3. The first kappa shape index (κ1) is 28.2. The molecule has 1 aliphatic rings. The molecule has 11 heteroatoms. The number of amides is 1. The van der Waals surface area contributed by atoms with Crippen molar-refractivity contribution in [3.8, 4) is 5.75 Å². The van der Waals surface area contributed by atoms with Crippen LogP contribution in [0.4, 0.5) is 5.13 Å². The quantitative estimate of drug-likeness (QED) is 0.0726. The van der Waals surface area contributed by atoms with E-state index < -0.39 is 17.7 Å². The average molecular weight is 613 g/mol. The number of Topliss-reactive ketones (excluding diaryl/α,β-unsaturated/α-hetero) is 1. The fraction of sp³-hybridized carbons (Fsp3) is 0.172. The zero-order chi connectivity index (χ0) is 28.4. The Hall–Kier alpha value is -3.37. The monoisotopic (exact) mass is 611 g/mol. The van der Waals surface area contributed by atoms with Crippen LogP contribution in [0, 0.1) is 6.92 Å². The van der Waals surface area contributed by atoms with Crippen LogP contribution >= 0.6 is 46.3 Å². The largest absolute Gasteiger partial charge is 0.507 e. The van der Waals surface area contributed by atoms with Crippen molar-refractivity contribution in [3.63, 3.8) is 0 Å². The van der Waals surface area contributed by atoms with Crippen LogP contribution in [0.5, 0.6) is 5.75 Å². The van der Waals surface area contributed by atoms with Gasteiger partial charge in [0.15, 0.2) is 4.34 Å². The second-order valence-corrected chi connectivity index (χ2v) is 11.9. The first-order valence-electron chi connectivity index (χ1n) is 12.3. The van der Waals surface area contributed by atoms with Crippen molar-refractivity contribution in [2.75, 3.05) is 11.5 Å². The van der Waals surface area contributed by atoms with E-state index >= 15 is 0 Å². The van der Waals surface area contributed by atoms with Crippen molar-refractivity contribution in [2.24, 2.45) is 0 Å². The summed E-state index contributed by atoms with van der Waals surface area (Å²) >= 11 is 15.2. The summed E-state index contributed by atoms with van der Waals surface area (Å²) in [5.41, 5.74) is 3.06. The van der Waals surface area contributed by atoms with E-state index in [2.05, 4.69) is 10.2 Å². The minimum Gasteiger partial charge on any atom is -0.507 e. The van der Waals surface area contributed by atoms with Gasteiger partial charge in [-0.3, -0.25) is 14.5 Å². The number of halogens is 2. The predicted octanol–water partition coefficient (Wildman–Crippen LogP) is 7.47. The summed E-state index contributed by atoms with van der Waals surface area (Å²) in [6.45, 7) is 4.39. The van der Waals surface area contributed by atoms with E-state index in [0.29, 0.717) is 38.6 Å². The van der Waals surface area contributed by atoms with Gasteiger partial charge < -0.3 is 9.84 Å². The highest BCUT2D eigenvalue weighted by atomic mass is 35.5. The average Bonchev–Trinajstić information content (AvgIpc) is 3.52. The third kappa shape index (κ3) is 5.74. The van der Waals surface area contributed by atoms with E-state index in [1.165, 1.54) is 33.6 Å². The van der Waals surface area contributed by atoms with E-state index in [1.807, 2.05) is 38.1 Å². The number of carbonyl (C=O) groups is 2. The molecule has 1 unspecified atom stereocenters. The zero-order valence-electron chi connectivity index (χ0n) is 21.4. The molecule has 1 atom stereocenters. The van der Waals surface area contributed by atoms with E-state index in [1.54, 1.807) is 42.5 Å². The molecule has 0 saturated carbocycles. The lowest BCUT2D eigenvalue weighted by molar-refractivity contribution is -0.132. The Balaban J connectivity index is 1.53. The van der Waals surface area contributed by atoms with Gasteiger partial charge in [-0.05, 0) is 61.4 Å². The first-order valence-corrected chi connectivity index (χ1v) is 14.8. The van der Waals surface area contributed by atoms with Crippen molar-refractivity contribution in [3.05, 3.63) is 105 Å². The van der Waals surface area contributed by atoms with Crippen molar-refractivity contribution in [1.82, 2.24) is 10.2 Å². The lowest BCUT2D eigenvalue weighted by atomic mass is 9.95. The number of ketones is 1. The topological polar surface area (TPSA) is 92.6 Å². The lowest BCUT2D eigenvalue weighted by Gasteiger charge is -2.23. The molecule has 1 amide bonds. The number of carbonyl (C=O) groups excluding carboxylic acids is 2. The summed E-state index contributed by atoms with van der Waals surface area (Å²) in [5.74, 6) is -0.702. The maximum Gasteiger partial charge on any atom is 0.301 e. The van der Waals surface area contributed by atoms with Gasteiger partial charge in [0.05, 0.1) is 28.3 Å². The van der Waals surface area contributed by atoms with Crippen molar-refractivity contribution < 1.29 is 19.4 Å². The molecule has 7 nitrogen and oxygen atoms in total. The molecule has 0 bridgehead atoms. The van der Waals surface area contributed by atoms with Crippen molar-refractivity contribution in [1.29, 1.82) is 0 Å². The van der Waals surface area contributed by atoms with E-state index in [0.717, 1.165) is 5.56 Å². The van der Waals surface area contributed by atoms with Crippen LogP contribution in [0.15, 0.2) is 76.6 Å². The summed E-state index contributed by atoms with van der Waals surface area (Å²) in [6, 6.07) is 18.6. The number of aliphatic hydroxyl groups is 1. The Morgan fingerprint density at radius 3 is 2.42 bits per heavy atom. The minimum atomic E-state index is -0.996. The highest BCUT2D eigenvalue weighted by molar-refractivity contribution is 8.00. The number of hydrogen-bond acceptors (Lipinski definition) is 8. The summed E-state index contributed by atoms with van der Waals surface area (Å²) in [4.78, 5) is 28.1. The number of nitrogens with zero attached hydrogens (tertiary/aromatic N) is 3. The van der Waals surface area contributed by atoms with Crippen LogP contribution in [0.3, 0.4) is 0 Å². The Labute approximate surface area is 249 Å². The molecule has 3 aromatic carbocycles. The molecular formula is C29H23Cl2N3O4S2. The van der Waals surface area contributed by atoms with Crippen LogP contribution in [-0.4, -0.2) is 33.6 Å². The molecule has 2 heterocycles. The van der Waals surface area contributed by atoms with E-state index in [9.17, 15) is 14.7 Å². The van der Waals surface area contributed by atoms with Gasteiger partial charge in [-0.15, -0.1) is 10.2 Å². The highest BCUT2D eigenvalue weighted by Gasteiger charge is 2.48. The number of thioether (sulfide) groups is 1. The third-order valence-electron chi connectivity index (χ3n) is 6.23. The summed E-state index contributed by atoms with van der Waals surface area (Å²) in [6.07, 6.45) is 0. The smallest absolute Gasteiger partial charge is 0.301 e. The molecular weight excluding hydrogens is 589 g/mol. The molecule has 5 rings (SSSR count). The SMILES string of the molecule is CCOc1ccc(/C(O)=C2/C(=O)C(=O)N(c3nnc(SCc4ccc(C)cc4)s3)C2c2ccc(Cl)c(Cl)c2)cc1. The Bertz CT molecular complexity index is 1600. The lowest BCUT2D eigenvalue weighted by Crippen LogP contribution is -2.29. The summed E-state index contributed by atoms with van der Waals surface area (Å²) in [7, 11) is 0. The number of aliphatic hydroxyl groups excluding tert-OH is 1. The minimum absolute atomic E-state index is 0.0865. The fourth-order valence-corrected chi connectivity index (χ4v) is 6.38. The van der Waals surface area contributed by atoms with Gasteiger partial charge in [-0.1, -0.05) is 82.2 Å². The van der Waals surface area contributed by atoms with Gasteiger partial charge in [0, 0.05) is 11.3 Å². The fourth-order valence-electron chi connectivity index (χ4n) is 4.25. The first-order chi connectivity index (χ1) is 19.3. The van der Waals surface area contributed by atoms with Crippen molar-refractivity contribution >= 4 is 68.9 Å². The number of ether oxygens (including phenoxy) is 1. The molecule has 1 aliphatic heterocycles. The second-order valence-electron chi connectivity index (χ2n) is 8.92. The van der Waals surface area contributed by atoms with Crippen LogP contribution in [0.2, 0.25) is 10.0 Å². The number of anilines is 1. The molecule has 0 spiro atoms. The van der Waals surface area contributed by atoms with Crippen LogP contribution in [-0.2, 0) is 15.3 Å². The molecule has 40 heavy (non-hydrogen) atoms. The molecule has 4 aromatic rings. The van der Waals surface area contributed by atoms with Gasteiger partial charge in [0.1, 0.15) is 11.5 Å². The molecule has 0 radical (unpaired) electrons. The maximum absolute atomic E-state index is 13.4. The number of aryl methyl sites for hydroxylation is 1. The number of aromatic nitrogens is 2. The van der Waals surface area contributed by atoms with Gasteiger partial charge in [0.25, 0.3) is 5.78 Å². The second kappa shape index (κ2) is 12.0. The predicted molar refractivity (Wildman–Crippen MR) is 160 cm³/mol. The molecule has 1 fully saturated rings. The molecule has 1 aromatic heterocycles. The Morgan fingerprint density at radius 1 is 1.02 bits per heavy atom. The van der Waals surface area contributed by atoms with Gasteiger partial charge in [-0.25, -0.2) is 0 Å². The zero-order valence-corrected chi connectivity index (χ0v) is 24.6. The van der Waals surface area contributed by atoms with Gasteiger partial charge >= 0.3 is 5.91 Å². The molecule has 204 valence electrons. The van der Waals surface area contributed by atoms with Crippen LogP contribution in [0.1, 0.15) is 35.2 Å². The van der Waals surface area contributed by atoms with E-state index in [4.69, 9.17) is 27.9 Å². The summed E-state index contributed by atoms with van der Waals surface area (Å²) in [5, 5.41) is 20.6. The van der Waals surface area contributed by atoms with Gasteiger partial charge in [-0.2, -0.15) is 0 Å². The molecule has 1 saturated heterocycles. The number of rotatable bonds is 8. The molecule has 0 aliphatic carbocycles. The van der Waals surface area contributed by atoms with Crippen molar-refractivity contribution in [2.45, 2.75) is 30.0 Å². The Kier molecular flexibility index (Phi) is 8.46. The van der Waals surface area contributed by atoms with Gasteiger partial charge in [0.2, 0.25) is 5.13 Å².